The third-order valence-corrected chi connectivity index (χ3v) is 7.85. The van der Waals surface area contributed by atoms with Gasteiger partial charge >= 0.3 is 0 Å². The normalized spacial score (nSPS) is 36.7. The van der Waals surface area contributed by atoms with Crippen molar-refractivity contribution in [3.05, 3.63) is 28.8 Å². The van der Waals surface area contributed by atoms with Crippen LogP contribution in [0, 0.1) is 28.6 Å². The van der Waals surface area contributed by atoms with Crippen molar-refractivity contribution >= 4 is 17.5 Å². The van der Waals surface area contributed by atoms with E-state index in [0.29, 0.717) is 17.5 Å². The summed E-state index contributed by atoms with van der Waals surface area (Å²) in [4.78, 5) is 12.6. The van der Waals surface area contributed by atoms with Crippen LogP contribution in [0.3, 0.4) is 0 Å². The summed E-state index contributed by atoms with van der Waals surface area (Å²) in [7, 11) is 0. The fraction of sp³-hybridized carbons (Fsp3) is 0.682. The fourth-order valence-corrected chi connectivity index (χ4v) is 6.34. The number of nitrogens with one attached hydrogen (secondary N) is 1. The van der Waals surface area contributed by atoms with E-state index in [1.807, 2.05) is 19.9 Å². The molecule has 2 bridgehead atoms. The molecule has 1 amide bonds. The highest BCUT2D eigenvalue weighted by Gasteiger charge is 2.68. The molecule has 1 aromatic rings. The van der Waals surface area contributed by atoms with E-state index < -0.39 is 0 Å². The largest absolute Gasteiger partial charge is 0.508 e. The molecule has 2 N–H and O–H groups in total. The zero-order valence-corrected chi connectivity index (χ0v) is 17.3. The summed E-state index contributed by atoms with van der Waals surface area (Å²) in [5.74, 6) is 1.17. The van der Waals surface area contributed by atoms with Crippen LogP contribution in [-0.4, -0.2) is 23.7 Å². The smallest absolute Gasteiger partial charge is 0.222 e. The van der Waals surface area contributed by atoms with Crippen LogP contribution in [0.4, 0.5) is 0 Å². The summed E-state index contributed by atoms with van der Waals surface area (Å²) in [5, 5.41) is 14.5. The van der Waals surface area contributed by atoms with E-state index in [0.717, 1.165) is 24.8 Å². The maximum atomic E-state index is 12.6. The molecule has 1 aliphatic heterocycles. The topological polar surface area (TPSA) is 58.6 Å². The Balaban J connectivity index is 1.72. The van der Waals surface area contributed by atoms with Crippen LogP contribution >= 0.6 is 11.6 Å². The van der Waals surface area contributed by atoms with E-state index >= 15 is 0 Å². The highest BCUT2D eigenvalue weighted by molar-refractivity contribution is 6.30. The van der Waals surface area contributed by atoms with E-state index in [9.17, 15) is 9.90 Å². The Bertz CT molecular complexity index is 762. The van der Waals surface area contributed by atoms with E-state index in [-0.39, 0.29) is 46.5 Å². The lowest BCUT2D eigenvalue weighted by molar-refractivity contribution is -0.139. The molecule has 27 heavy (non-hydrogen) atoms. The minimum atomic E-state index is -0.169. The number of ether oxygens (including phenoxy) is 1. The maximum absolute atomic E-state index is 12.6. The molecule has 3 fully saturated rings. The highest BCUT2D eigenvalue weighted by Crippen LogP contribution is 2.70. The Morgan fingerprint density at radius 3 is 2.81 bits per heavy atom. The number of rotatable bonds is 3. The molecule has 5 heteroatoms. The van der Waals surface area contributed by atoms with E-state index in [2.05, 4.69) is 19.2 Å². The second-order valence-corrected chi connectivity index (χ2v) is 10.1. The van der Waals surface area contributed by atoms with Gasteiger partial charge < -0.3 is 15.2 Å². The third-order valence-electron chi connectivity index (χ3n) is 7.61. The third kappa shape index (κ3) is 2.79. The van der Waals surface area contributed by atoms with Crippen LogP contribution in [0.2, 0.25) is 5.02 Å². The van der Waals surface area contributed by atoms with Gasteiger partial charge in [-0.05, 0) is 60.1 Å². The van der Waals surface area contributed by atoms with Gasteiger partial charge in [-0.25, -0.2) is 0 Å². The summed E-state index contributed by atoms with van der Waals surface area (Å²) < 4.78 is 6.20. The van der Waals surface area contributed by atoms with Crippen LogP contribution < -0.4 is 5.32 Å². The van der Waals surface area contributed by atoms with Crippen LogP contribution in [0.5, 0.6) is 5.75 Å². The standard InChI is InChI=1S/C22H30ClNO3/c1-12(2)19(26)24-20-21(3,4)13-9-16-18(27-8-7-22(16,20)11-13)15-10-14(23)5-6-17(15)25/h5-6,10,12-13,16,18,20,25H,7-9,11H2,1-4H3,(H,24,26)/t13-,16-,18-,20+,22?/m1/s1. The number of phenols is 1. The predicted molar refractivity (Wildman–Crippen MR) is 106 cm³/mol. The van der Waals surface area contributed by atoms with Gasteiger partial charge in [-0.3, -0.25) is 4.79 Å². The van der Waals surface area contributed by atoms with Gasteiger partial charge in [-0.1, -0.05) is 39.3 Å². The number of fused-ring (bicyclic) bond motifs is 1. The van der Waals surface area contributed by atoms with Gasteiger partial charge in [0.1, 0.15) is 5.75 Å². The summed E-state index contributed by atoms with van der Waals surface area (Å²) in [6.45, 7) is 9.14. The molecule has 1 unspecified atom stereocenters. The van der Waals surface area contributed by atoms with Gasteiger partial charge in [0.25, 0.3) is 0 Å². The summed E-state index contributed by atoms with van der Waals surface area (Å²) in [5.41, 5.74) is 0.876. The van der Waals surface area contributed by atoms with Crippen molar-refractivity contribution in [3.63, 3.8) is 0 Å². The molecule has 3 aliphatic rings. The Hall–Kier alpha value is -1.26. The molecule has 0 radical (unpaired) electrons. The van der Waals surface area contributed by atoms with Crippen molar-refractivity contribution in [2.75, 3.05) is 6.61 Å². The van der Waals surface area contributed by atoms with Gasteiger partial charge in [0, 0.05) is 29.2 Å². The van der Waals surface area contributed by atoms with Gasteiger partial charge in [0.2, 0.25) is 5.91 Å². The molecule has 148 valence electrons. The molecule has 1 heterocycles. The van der Waals surface area contributed by atoms with Crippen molar-refractivity contribution in [1.82, 2.24) is 5.32 Å². The number of halogens is 1. The average molecular weight is 392 g/mol. The van der Waals surface area contributed by atoms with Crippen LogP contribution in [-0.2, 0) is 9.53 Å². The minimum absolute atomic E-state index is 0.0242. The molecule has 5 atom stereocenters. The Labute approximate surface area is 166 Å². The van der Waals surface area contributed by atoms with Gasteiger partial charge in [-0.15, -0.1) is 0 Å². The summed E-state index contributed by atoms with van der Waals surface area (Å²) >= 11 is 6.21. The number of aromatic hydroxyl groups is 1. The molecule has 1 saturated heterocycles. The molecular formula is C22H30ClNO3. The molecule has 1 aromatic carbocycles. The van der Waals surface area contributed by atoms with Crippen molar-refractivity contribution in [2.24, 2.45) is 28.6 Å². The van der Waals surface area contributed by atoms with E-state index in [1.54, 1.807) is 12.1 Å². The molecule has 0 aromatic heterocycles. The summed E-state index contributed by atoms with van der Waals surface area (Å²) in [6.07, 6.45) is 2.97. The predicted octanol–water partition coefficient (Wildman–Crippen LogP) is 4.70. The number of hydrogen-bond acceptors (Lipinski definition) is 3. The SMILES string of the molecule is CC(C)C(=O)N[C@H]1C(C)(C)[C@@H]2C[C@@H]3[C@@H](c4cc(Cl)ccc4O)OCCC31C2. The van der Waals surface area contributed by atoms with Crippen LogP contribution in [0.1, 0.15) is 58.6 Å². The zero-order valence-electron chi connectivity index (χ0n) is 16.6. The number of amides is 1. The maximum Gasteiger partial charge on any atom is 0.222 e. The Kier molecular flexibility index (Phi) is 4.51. The monoisotopic (exact) mass is 391 g/mol. The molecule has 4 nitrogen and oxygen atoms in total. The van der Waals surface area contributed by atoms with Crippen molar-refractivity contribution in [2.45, 2.75) is 59.1 Å². The molecular weight excluding hydrogens is 362 g/mol. The van der Waals surface area contributed by atoms with Crippen molar-refractivity contribution < 1.29 is 14.6 Å². The number of phenolic OH excluding ortho intramolecular Hbond substituents is 1. The molecule has 4 rings (SSSR count). The number of hydrogen-bond donors (Lipinski definition) is 2. The number of carbonyl (C=O) groups is 1. The van der Waals surface area contributed by atoms with Crippen molar-refractivity contribution in [3.8, 4) is 5.75 Å². The lowest BCUT2D eigenvalue weighted by atomic mass is 9.58. The van der Waals surface area contributed by atoms with Gasteiger partial charge in [0.15, 0.2) is 0 Å². The average Bonchev–Trinajstić information content (AvgIpc) is 3.09. The Morgan fingerprint density at radius 1 is 1.37 bits per heavy atom. The summed E-state index contributed by atoms with van der Waals surface area (Å²) in [6, 6.07) is 5.32. The zero-order chi connectivity index (χ0) is 19.6. The first kappa shape index (κ1) is 19.1. The molecule has 2 saturated carbocycles. The minimum Gasteiger partial charge on any atom is -0.508 e. The van der Waals surface area contributed by atoms with E-state index in [4.69, 9.17) is 16.3 Å². The first-order valence-corrected chi connectivity index (χ1v) is 10.4. The van der Waals surface area contributed by atoms with Gasteiger partial charge in [-0.2, -0.15) is 0 Å². The quantitative estimate of drug-likeness (QED) is 0.785. The lowest BCUT2D eigenvalue weighted by Crippen LogP contribution is -2.59. The number of benzene rings is 1. The van der Waals surface area contributed by atoms with E-state index in [1.165, 1.54) is 0 Å². The van der Waals surface area contributed by atoms with Crippen LogP contribution in [0.25, 0.3) is 0 Å². The first-order chi connectivity index (χ1) is 12.7. The van der Waals surface area contributed by atoms with Crippen molar-refractivity contribution in [1.29, 1.82) is 0 Å². The lowest BCUT2D eigenvalue weighted by Gasteiger charge is -2.53. The highest BCUT2D eigenvalue weighted by atomic mass is 35.5. The Morgan fingerprint density at radius 2 is 2.11 bits per heavy atom. The second-order valence-electron chi connectivity index (χ2n) is 9.64. The molecule has 1 spiro atoms. The molecule has 2 aliphatic carbocycles. The van der Waals surface area contributed by atoms with Crippen LogP contribution in [0.15, 0.2) is 18.2 Å². The fourth-order valence-electron chi connectivity index (χ4n) is 6.16. The second kappa shape index (κ2) is 6.38. The first-order valence-electron chi connectivity index (χ1n) is 10.1. The number of carbonyl (C=O) groups excluding carboxylic acids is 1. The van der Waals surface area contributed by atoms with Gasteiger partial charge in [0.05, 0.1) is 6.10 Å².